The highest BCUT2D eigenvalue weighted by atomic mass is 16.7. The molecule has 0 bridgehead atoms. The molecule has 0 atom stereocenters. The summed E-state index contributed by atoms with van der Waals surface area (Å²) in [6.07, 6.45) is 1.81. The second-order valence-corrected chi connectivity index (χ2v) is 5.27. The Morgan fingerprint density at radius 1 is 1.22 bits per heavy atom. The fourth-order valence-corrected chi connectivity index (χ4v) is 2.76. The Labute approximate surface area is 133 Å². The van der Waals surface area contributed by atoms with Crippen molar-refractivity contribution in [1.29, 1.82) is 5.41 Å². The number of allylic oxidation sites excluding steroid dienone is 1. The van der Waals surface area contributed by atoms with Crippen molar-refractivity contribution in [3.8, 4) is 11.5 Å². The van der Waals surface area contributed by atoms with E-state index in [9.17, 15) is 0 Å². The van der Waals surface area contributed by atoms with Crippen LogP contribution in [0.3, 0.4) is 0 Å². The summed E-state index contributed by atoms with van der Waals surface area (Å²) in [5, 5.41) is 8.57. The van der Waals surface area contributed by atoms with Gasteiger partial charge in [0.25, 0.3) is 0 Å². The Balaban J connectivity index is 1.83. The number of ether oxygens (including phenoxy) is 2. The summed E-state index contributed by atoms with van der Waals surface area (Å²) in [5.41, 5.74) is 2.96. The second kappa shape index (κ2) is 5.28. The van der Waals surface area contributed by atoms with E-state index in [0.717, 1.165) is 16.6 Å². The molecule has 5 heteroatoms. The number of hydrogen-bond donors (Lipinski definition) is 1. The summed E-state index contributed by atoms with van der Waals surface area (Å²) < 4.78 is 12.7. The van der Waals surface area contributed by atoms with Gasteiger partial charge in [0.05, 0.1) is 11.0 Å². The molecule has 1 aromatic heterocycles. The highest BCUT2D eigenvalue weighted by molar-refractivity contribution is 6.10. The highest BCUT2D eigenvalue weighted by Crippen LogP contribution is 2.33. The van der Waals surface area contributed by atoms with Crippen molar-refractivity contribution in [2.45, 2.75) is 6.54 Å². The molecule has 0 radical (unpaired) electrons. The average molecular weight is 305 g/mol. The van der Waals surface area contributed by atoms with Crippen molar-refractivity contribution in [3.05, 3.63) is 66.5 Å². The van der Waals surface area contributed by atoms with Crippen LogP contribution in [0.5, 0.6) is 11.5 Å². The summed E-state index contributed by atoms with van der Waals surface area (Å²) in [4.78, 5) is 4.62. The molecule has 0 aliphatic carbocycles. The van der Waals surface area contributed by atoms with Crippen molar-refractivity contribution >= 4 is 16.7 Å². The molecule has 0 unspecified atom stereocenters. The SMILES string of the molecule is C=CCn1c(C(=N)c2ccc3c(c2)OCO3)nc2ccccc21. The Bertz CT molecular complexity index is 927. The van der Waals surface area contributed by atoms with Crippen LogP contribution in [0, 0.1) is 5.41 Å². The number of para-hydroxylation sites is 2. The maximum absolute atomic E-state index is 8.57. The quantitative estimate of drug-likeness (QED) is 0.594. The van der Waals surface area contributed by atoms with Gasteiger partial charge in [-0.1, -0.05) is 18.2 Å². The molecule has 0 saturated carbocycles. The smallest absolute Gasteiger partial charge is 0.231 e. The van der Waals surface area contributed by atoms with Gasteiger partial charge in [-0.3, -0.25) is 5.41 Å². The first-order chi connectivity index (χ1) is 11.3. The summed E-state index contributed by atoms with van der Waals surface area (Å²) in [6, 6.07) is 13.4. The normalized spacial score (nSPS) is 12.5. The Morgan fingerprint density at radius 3 is 2.91 bits per heavy atom. The Morgan fingerprint density at radius 2 is 2.04 bits per heavy atom. The molecule has 2 aromatic carbocycles. The van der Waals surface area contributed by atoms with E-state index in [-0.39, 0.29) is 6.79 Å². The first-order valence-corrected chi connectivity index (χ1v) is 7.33. The highest BCUT2D eigenvalue weighted by Gasteiger charge is 2.19. The van der Waals surface area contributed by atoms with E-state index in [1.54, 1.807) is 0 Å². The van der Waals surface area contributed by atoms with Crippen molar-refractivity contribution in [1.82, 2.24) is 9.55 Å². The minimum atomic E-state index is 0.223. The fourth-order valence-electron chi connectivity index (χ4n) is 2.76. The lowest BCUT2D eigenvalue weighted by Gasteiger charge is -2.08. The molecular weight excluding hydrogens is 290 g/mol. The number of nitrogens with one attached hydrogen (secondary N) is 1. The standard InChI is InChI=1S/C18H15N3O2/c1-2-9-21-14-6-4-3-5-13(14)20-18(21)17(19)12-7-8-15-16(10-12)23-11-22-15/h2-8,10,19H,1,9,11H2. The van der Waals surface area contributed by atoms with E-state index in [4.69, 9.17) is 14.9 Å². The summed E-state index contributed by atoms with van der Waals surface area (Å²) in [6.45, 7) is 4.63. The lowest BCUT2D eigenvalue weighted by atomic mass is 10.1. The molecule has 1 N–H and O–H groups in total. The molecule has 0 amide bonds. The zero-order valence-corrected chi connectivity index (χ0v) is 12.5. The largest absolute Gasteiger partial charge is 0.454 e. The molecule has 1 aliphatic heterocycles. The summed E-state index contributed by atoms with van der Waals surface area (Å²) in [5.74, 6) is 1.99. The van der Waals surface area contributed by atoms with Crippen molar-refractivity contribution in [3.63, 3.8) is 0 Å². The predicted octanol–water partition coefficient (Wildman–Crippen LogP) is 3.37. The van der Waals surface area contributed by atoms with E-state index in [1.807, 2.05) is 53.1 Å². The number of nitrogens with zero attached hydrogens (tertiary/aromatic N) is 2. The first-order valence-electron chi connectivity index (χ1n) is 7.33. The van der Waals surface area contributed by atoms with Crippen LogP contribution in [-0.4, -0.2) is 22.1 Å². The topological polar surface area (TPSA) is 60.1 Å². The van der Waals surface area contributed by atoms with E-state index in [1.165, 1.54) is 0 Å². The summed E-state index contributed by atoms with van der Waals surface area (Å²) in [7, 11) is 0. The van der Waals surface area contributed by atoms with Gasteiger partial charge in [0.1, 0.15) is 5.71 Å². The first kappa shape index (κ1) is 13.6. The average Bonchev–Trinajstić information content (AvgIpc) is 3.19. The summed E-state index contributed by atoms with van der Waals surface area (Å²) >= 11 is 0. The van der Waals surface area contributed by atoms with Crippen LogP contribution < -0.4 is 9.47 Å². The minimum Gasteiger partial charge on any atom is -0.454 e. The Hall–Kier alpha value is -3.08. The van der Waals surface area contributed by atoms with Crippen molar-refractivity contribution in [2.24, 2.45) is 0 Å². The number of aromatic nitrogens is 2. The number of imidazole rings is 1. The van der Waals surface area contributed by atoms with Gasteiger partial charge < -0.3 is 14.0 Å². The molecule has 5 nitrogen and oxygen atoms in total. The van der Waals surface area contributed by atoms with Crippen LogP contribution in [0.1, 0.15) is 11.4 Å². The third kappa shape index (κ3) is 2.17. The van der Waals surface area contributed by atoms with Crippen molar-refractivity contribution < 1.29 is 9.47 Å². The van der Waals surface area contributed by atoms with E-state index < -0.39 is 0 Å². The van der Waals surface area contributed by atoms with Gasteiger partial charge in [-0.05, 0) is 30.3 Å². The van der Waals surface area contributed by atoms with Gasteiger partial charge >= 0.3 is 0 Å². The molecule has 23 heavy (non-hydrogen) atoms. The van der Waals surface area contributed by atoms with Crippen LogP contribution in [0.25, 0.3) is 11.0 Å². The predicted molar refractivity (Wildman–Crippen MR) is 88.4 cm³/mol. The molecule has 2 heterocycles. The number of hydrogen-bond acceptors (Lipinski definition) is 4. The minimum absolute atomic E-state index is 0.223. The lowest BCUT2D eigenvalue weighted by molar-refractivity contribution is 0.174. The third-order valence-corrected chi connectivity index (χ3v) is 3.85. The molecule has 0 spiro atoms. The van der Waals surface area contributed by atoms with Gasteiger partial charge in [0.2, 0.25) is 6.79 Å². The van der Waals surface area contributed by atoms with E-state index in [0.29, 0.717) is 29.6 Å². The van der Waals surface area contributed by atoms with E-state index in [2.05, 4.69) is 11.6 Å². The lowest BCUT2D eigenvalue weighted by Crippen LogP contribution is -2.11. The monoisotopic (exact) mass is 305 g/mol. The number of fused-ring (bicyclic) bond motifs is 2. The Kier molecular flexibility index (Phi) is 3.12. The zero-order valence-electron chi connectivity index (χ0n) is 12.5. The van der Waals surface area contributed by atoms with Crippen LogP contribution in [-0.2, 0) is 6.54 Å². The van der Waals surface area contributed by atoms with Crippen LogP contribution in [0.4, 0.5) is 0 Å². The number of benzene rings is 2. The molecule has 0 saturated heterocycles. The molecular formula is C18H15N3O2. The van der Waals surface area contributed by atoms with E-state index >= 15 is 0 Å². The number of rotatable bonds is 4. The maximum atomic E-state index is 8.57. The van der Waals surface area contributed by atoms with Crippen LogP contribution >= 0.6 is 0 Å². The van der Waals surface area contributed by atoms with Crippen molar-refractivity contribution in [2.75, 3.05) is 6.79 Å². The van der Waals surface area contributed by atoms with Gasteiger partial charge in [0.15, 0.2) is 17.3 Å². The zero-order chi connectivity index (χ0) is 15.8. The van der Waals surface area contributed by atoms with Gasteiger partial charge in [0, 0.05) is 12.1 Å². The molecule has 114 valence electrons. The van der Waals surface area contributed by atoms with Crippen LogP contribution in [0.2, 0.25) is 0 Å². The maximum Gasteiger partial charge on any atom is 0.231 e. The molecule has 4 rings (SSSR count). The second-order valence-electron chi connectivity index (χ2n) is 5.27. The van der Waals surface area contributed by atoms with Gasteiger partial charge in [-0.25, -0.2) is 4.98 Å². The van der Waals surface area contributed by atoms with Gasteiger partial charge in [-0.2, -0.15) is 0 Å². The van der Waals surface area contributed by atoms with Crippen LogP contribution in [0.15, 0.2) is 55.1 Å². The molecule has 0 fully saturated rings. The fraction of sp³-hybridized carbons (Fsp3) is 0.111. The molecule has 3 aromatic rings. The third-order valence-electron chi connectivity index (χ3n) is 3.85. The van der Waals surface area contributed by atoms with Gasteiger partial charge in [-0.15, -0.1) is 6.58 Å². The molecule has 1 aliphatic rings.